The van der Waals surface area contributed by atoms with Gasteiger partial charge in [-0.2, -0.15) is 0 Å². The Balaban J connectivity index is 1.79. The van der Waals surface area contributed by atoms with E-state index in [1.54, 1.807) is 6.92 Å². The third kappa shape index (κ3) is 10.00. The summed E-state index contributed by atoms with van der Waals surface area (Å²) >= 11 is 0. The van der Waals surface area contributed by atoms with E-state index in [1.165, 1.54) is 56.1 Å². The van der Waals surface area contributed by atoms with Gasteiger partial charge in [0.1, 0.15) is 12.3 Å². The zero-order chi connectivity index (χ0) is 24.1. The highest BCUT2D eigenvalue weighted by Crippen LogP contribution is 2.20. The van der Waals surface area contributed by atoms with E-state index in [0.29, 0.717) is 4.48 Å². The van der Waals surface area contributed by atoms with Crippen LogP contribution in [0.4, 0.5) is 0 Å². The molecule has 2 aromatic rings. The molecular formula is C29H44NO3+. The number of benzene rings is 2. The van der Waals surface area contributed by atoms with Crippen molar-refractivity contribution in [2.75, 3.05) is 14.1 Å². The summed E-state index contributed by atoms with van der Waals surface area (Å²) in [5.74, 6) is 0.504. The second-order valence-corrected chi connectivity index (χ2v) is 9.74. The summed E-state index contributed by atoms with van der Waals surface area (Å²) in [5.41, 5.74) is 2.47. The van der Waals surface area contributed by atoms with Crippen LogP contribution < -0.4 is 4.74 Å². The summed E-state index contributed by atoms with van der Waals surface area (Å²) in [6.45, 7) is 6.71. The van der Waals surface area contributed by atoms with Crippen LogP contribution in [0.5, 0.6) is 5.75 Å². The maximum Gasteiger partial charge on any atom is 0.367 e. The third-order valence-corrected chi connectivity index (χ3v) is 6.37. The van der Waals surface area contributed by atoms with Crippen molar-refractivity contribution in [2.24, 2.45) is 0 Å². The van der Waals surface area contributed by atoms with E-state index in [-0.39, 0.29) is 12.0 Å². The smallest absolute Gasteiger partial charge is 0.367 e. The van der Waals surface area contributed by atoms with Gasteiger partial charge in [-0.3, -0.25) is 0 Å². The largest absolute Gasteiger partial charge is 0.455 e. The average Bonchev–Trinajstić information content (AvgIpc) is 2.78. The van der Waals surface area contributed by atoms with E-state index >= 15 is 0 Å². The monoisotopic (exact) mass is 454 g/mol. The minimum absolute atomic E-state index is 0.248. The lowest BCUT2D eigenvalue weighted by molar-refractivity contribution is -0.917. The fraction of sp³-hybridized carbons (Fsp3) is 0.552. The molecule has 0 aromatic heterocycles. The van der Waals surface area contributed by atoms with Gasteiger partial charge in [0.25, 0.3) is 0 Å². The molecule has 182 valence electrons. The van der Waals surface area contributed by atoms with E-state index in [1.807, 2.05) is 37.3 Å². The molecule has 4 nitrogen and oxygen atoms in total. The second-order valence-electron chi connectivity index (χ2n) is 9.74. The molecule has 0 saturated carbocycles. The number of ether oxygens (including phenoxy) is 2. The van der Waals surface area contributed by atoms with Crippen molar-refractivity contribution < 1.29 is 18.8 Å². The van der Waals surface area contributed by atoms with Gasteiger partial charge in [0.05, 0.1) is 14.1 Å². The van der Waals surface area contributed by atoms with Crippen LogP contribution in [0.2, 0.25) is 0 Å². The van der Waals surface area contributed by atoms with Gasteiger partial charge >= 0.3 is 5.97 Å². The Hall–Kier alpha value is -2.33. The van der Waals surface area contributed by atoms with Gasteiger partial charge in [-0.25, -0.2) is 4.79 Å². The fourth-order valence-corrected chi connectivity index (χ4v) is 4.01. The second kappa shape index (κ2) is 14.0. The van der Waals surface area contributed by atoms with Gasteiger partial charge in [-0.15, -0.1) is 0 Å². The highest BCUT2D eigenvalue weighted by atomic mass is 16.7. The molecule has 0 bridgehead atoms. The molecule has 33 heavy (non-hydrogen) atoms. The van der Waals surface area contributed by atoms with Crippen molar-refractivity contribution in [1.29, 1.82) is 0 Å². The molecule has 0 fully saturated rings. The summed E-state index contributed by atoms with van der Waals surface area (Å²) in [4.78, 5) is 12.8. The van der Waals surface area contributed by atoms with Crippen LogP contribution in [-0.2, 0) is 22.5 Å². The number of esters is 1. The number of hydrogen-bond acceptors (Lipinski definition) is 3. The molecule has 2 rings (SSSR count). The molecule has 0 radical (unpaired) electrons. The first-order chi connectivity index (χ1) is 15.8. The molecule has 2 aromatic carbocycles. The van der Waals surface area contributed by atoms with Crippen molar-refractivity contribution in [1.82, 2.24) is 0 Å². The van der Waals surface area contributed by atoms with Gasteiger partial charge in [0.2, 0.25) is 6.29 Å². The minimum atomic E-state index is -0.634. The predicted molar refractivity (Wildman–Crippen MR) is 136 cm³/mol. The molecule has 0 saturated heterocycles. The Labute approximate surface area is 201 Å². The Kier molecular flexibility index (Phi) is 11.5. The van der Waals surface area contributed by atoms with Crippen molar-refractivity contribution >= 4 is 5.97 Å². The first-order valence-electron chi connectivity index (χ1n) is 12.6. The van der Waals surface area contributed by atoms with E-state index in [4.69, 9.17) is 9.47 Å². The number of rotatable bonds is 15. The summed E-state index contributed by atoms with van der Waals surface area (Å²) < 4.78 is 12.1. The number of carbonyl (C=O) groups excluding carboxylic acids is 1. The molecule has 0 aliphatic heterocycles. The fourth-order valence-electron chi connectivity index (χ4n) is 4.01. The lowest BCUT2D eigenvalue weighted by Gasteiger charge is -2.35. The summed E-state index contributed by atoms with van der Waals surface area (Å²) in [7, 11) is 4.11. The van der Waals surface area contributed by atoms with Crippen molar-refractivity contribution in [3.05, 3.63) is 65.7 Å². The van der Waals surface area contributed by atoms with Crippen molar-refractivity contribution in [3.8, 4) is 5.75 Å². The maximum absolute atomic E-state index is 12.8. The molecule has 0 spiro atoms. The van der Waals surface area contributed by atoms with Gasteiger partial charge in [-0.1, -0.05) is 87.9 Å². The molecule has 2 atom stereocenters. The third-order valence-electron chi connectivity index (χ3n) is 6.37. The van der Waals surface area contributed by atoms with Gasteiger partial charge in [0, 0.05) is 12.5 Å². The van der Waals surface area contributed by atoms with Crippen molar-refractivity contribution in [3.63, 3.8) is 0 Å². The maximum atomic E-state index is 12.8. The predicted octanol–water partition coefficient (Wildman–Crippen LogP) is 6.91. The first-order valence-corrected chi connectivity index (χ1v) is 12.6. The van der Waals surface area contributed by atoms with Crippen LogP contribution in [-0.4, -0.2) is 36.9 Å². The van der Waals surface area contributed by atoms with Crippen LogP contribution in [0.15, 0.2) is 54.6 Å². The van der Waals surface area contributed by atoms with Crippen LogP contribution in [0.3, 0.4) is 0 Å². The lowest BCUT2D eigenvalue weighted by Crippen LogP contribution is -2.51. The highest BCUT2D eigenvalue weighted by molar-refractivity contribution is 5.74. The topological polar surface area (TPSA) is 35.5 Å². The van der Waals surface area contributed by atoms with E-state index in [9.17, 15) is 4.79 Å². The average molecular weight is 455 g/mol. The van der Waals surface area contributed by atoms with Crippen LogP contribution in [0.1, 0.15) is 76.8 Å². The van der Waals surface area contributed by atoms with E-state index in [0.717, 1.165) is 18.7 Å². The molecule has 0 amide bonds. The SMILES string of the molecule is CCCCCCCCCc1cccc(OC(C)OC(=O)C(C)[N+](C)(C)Cc2ccccc2)c1. The quantitative estimate of drug-likeness (QED) is 0.127. The number of hydrogen-bond donors (Lipinski definition) is 0. The minimum Gasteiger partial charge on any atom is -0.455 e. The summed E-state index contributed by atoms with van der Waals surface area (Å²) in [6, 6.07) is 18.1. The number of nitrogens with zero attached hydrogens (tertiary/aromatic N) is 1. The molecule has 0 heterocycles. The van der Waals surface area contributed by atoms with E-state index < -0.39 is 6.29 Å². The van der Waals surface area contributed by atoms with Gasteiger partial charge in [0.15, 0.2) is 6.04 Å². The van der Waals surface area contributed by atoms with Gasteiger partial charge < -0.3 is 14.0 Å². The number of quaternary nitrogens is 1. The van der Waals surface area contributed by atoms with Crippen LogP contribution in [0.25, 0.3) is 0 Å². The molecule has 0 aliphatic rings. The highest BCUT2D eigenvalue weighted by Gasteiger charge is 2.33. The Morgan fingerprint density at radius 2 is 1.48 bits per heavy atom. The number of aryl methyl sites for hydroxylation is 1. The normalized spacial score (nSPS) is 13.4. The Morgan fingerprint density at radius 3 is 2.18 bits per heavy atom. The van der Waals surface area contributed by atoms with Crippen molar-refractivity contribution in [2.45, 2.75) is 91.0 Å². The molecule has 2 unspecified atom stereocenters. The van der Waals surface area contributed by atoms with Crippen LogP contribution in [0, 0.1) is 0 Å². The molecule has 4 heteroatoms. The molecule has 0 N–H and O–H groups in total. The first kappa shape index (κ1) is 26.9. The molecular weight excluding hydrogens is 410 g/mol. The zero-order valence-corrected chi connectivity index (χ0v) is 21.4. The molecule has 0 aliphatic carbocycles. The summed E-state index contributed by atoms with van der Waals surface area (Å²) in [5, 5.41) is 0. The Bertz CT molecular complexity index is 819. The number of unbranched alkanes of at least 4 members (excludes halogenated alkanes) is 6. The summed E-state index contributed by atoms with van der Waals surface area (Å²) in [6.07, 6.45) is 9.57. The zero-order valence-electron chi connectivity index (χ0n) is 21.4. The number of carbonyl (C=O) groups is 1. The van der Waals surface area contributed by atoms with Crippen LogP contribution >= 0.6 is 0 Å². The van der Waals surface area contributed by atoms with E-state index in [2.05, 4.69) is 45.3 Å². The lowest BCUT2D eigenvalue weighted by atomic mass is 10.0. The Morgan fingerprint density at radius 1 is 0.848 bits per heavy atom. The standard InChI is InChI=1S/C29H44NO3/c1-6-7-8-9-10-11-13-17-26-20-16-21-28(22-26)32-25(3)33-29(31)24(2)30(4,5)23-27-18-14-12-15-19-27/h12,14-16,18-22,24-25H,6-11,13,17,23H2,1-5H3/q+1. The number of likely N-dealkylation sites (N-methyl/N-ethyl adjacent to an activating group) is 1. The van der Waals surface area contributed by atoms with Gasteiger partial charge in [-0.05, 0) is 37.5 Å².